The molecule has 21 heavy (non-hydrogen) atoms. The molecule has 2 aromatic carbocycles. The Balaban J connectivity index is 1.78. The summed E-state index contributed by atoms with van der Waals surface area (Å²) in [6.45, 7) is 1.82. The molecule has 0 aromatic heterocycles. The molecule has 1 atom stereocenters. The highest BCUT2D eigenvalue weighted by atomic mass is 19.1. The molecule has 1 N–H and O–H groups in total. The summed E-state index contributed by atoms with van der Waals surface area (Å²) >= 11 is 0. The van der Waals surface area contributed by atoms with E-state index >= 15 is 0 Å². The molecule has 0 spiro atoms. The zero-order valence-corrected chi connectivity index (χ0v) is 12.4. The summed E-state index contributed by atoms with van der Waals surface area (Å²) in [7, 11) is 1.69. The van der Waals surface area contributed by atoms with Gasteiger partial charge in [-0.15, -0.1) is 0 Å². The Morgan fingerprint density at radius 3 is 2.86 bits per heavy atom. The van der Waals surface area contributed by atoms with Crippen LogP contribution in [0.2, 0.25) is 0 Å². The number of anilines is 1. The average Bonchev–Trinajstić information content (AvgIpc) is 2.51. The Morgan fingerprint density at radius 2 is 2.05 bits per heavy atom. The second-order valence-corrected chi connectivity index (χ2v) is 5.63. The van der Waals surface area contributed by atoms with Crippen LogP contribution in [0.25, 0.3) is 0 Å². The van der Waals surface area contributed by atoms with E-state index in [4.69, 9.17) is 4.74 Å². The maximum Gasteiger partial charge on any atom is 0.128 e. The van der Waals surface area contributed by atoms with Gasteiger partial charge in [0, 0.05) is 17.3 Å². The van der Waals surface area contributed by atoms with Gasteiger partial charge >= 0.3 is 0 Å². The molecule has 0 heterocycles. The molecule has 0 radical (unpaired) electrons. The van der Waals surface area contributed by atoms with E-state index < -0.39 is 0 Å². The fraction of sp³-hybridized carbons (Fsp3) is 0.333. The van der Waals surface area contributed by atoms with Gasteiger partial charge in [0.2, 0.25) is 0 Å². The molecule has 0 bridgehead atoms. The zero-order chi connectivity index (χ0) is 14.8. The second-order valence-electron chi connectivity index (χ2n) is 5.63. The minimum absolute atomic E-state index is 0.155. The Hall–Kier alpha value is -2.03. The van der Waals surface area contributed by atoms with Crippen molar-refractivity contribution in [3.05, 3.63) is 58.9 Å². The summed E-state index contributed by atoms with van der Waals surface area (Å²) < 4.78 is 18.9. The van der Waals surface area contributed by atoms with Crippen LogP contribution >= 0.6 is 0 Å². The third-order valence-corrected chi connectivity index (χ3v) is 4.27. The maximum atomic E-state index is 13.6. The molecular weight excluding hydrogens is 265 g/mol. The fourth-order valence-electron chi connectivity index (χ4n) is 2.97. The Labute approximate surface area is 125 Å². The fourth-order valence-corrected chi connectivity index (χ4v) is 2.97. The average molecular weight is 285 g/mol. The quantitative estimate of drug-likeness (QED) is 0.916. The predicted octanol–water partition coefficient (Wildman–Crippen LogP) is 4.11. The van der Waals surface area contributed by atoms with E-state index in [-0.39, 0.29) is 5.82 Å². The molecule has 0 saturated heterocycles. The largest absolute Gasteiger partial charge is 0.497 e. The minimum Gasteiger partial charge on any atom is -0.497 e. The molecule has 3 rings (SSSR count). The number of ether oxygens (including phenoxy) is 1. The zero-order valence-electron chi connectivity index (χ0n) is 12.4. The highest BCUT2D eigenvalue weighted by Crippen LogP contribution is 2.28. The number of nitrogens with one attached hydrogen (secondary N) is 1. The summed E-state index contributed by atoms with van der Waals surface area (Å²) in [5.41, 5.74) is 4.30. The van der Waals surface area contributed by atoms with Gasteiger partial charge in [-0.05, 0) is 61.6 Å². The number of methoxy groups -OCH3 is 1. The summed E-state index contributed by atoms with van der Waals surface area (Å²) in [5.74, 6) is 0.745. The van der Waals surface area contributed by atoms with Crippen molar-refractivity contribution < 1.29 is 9.13 Å². The Morgan fingerprint density at radius 1 is 1.19 bits per heavy atom. The van der Waals surface area contributed by atoms with Crippen LogP contribution in [0.3, 0.4) is 0 Å². The van der Waals surface area contributed by atoms with Crippen molar-refractivity contribution >= 4 is 5.69 Å². The smallest absolute Gasteiger partial charge is 0.128 e. The number of hydrogen-bond donors (Lipinski definition) is 1. The van der Waals surface area contributed by atoms with E-state index in [2.05, 4.69) is 17.4 Å². The van der Waals surface area contributed by atoms with Gasteiger partial charge in [0.25, 0.3) is 0 Å². The molecule has 0 saturated carbocycles. The number of rotatable bonds is 3. The summed E-state index contributed by atoms with van der Waals surface area (Å²) in [4.78, 5) is 0. The van der Waals surface area contributed by atoms with E-state index in [0.717, 1.165) is 30.7 Å². The van der Waals surface area contributed by atoms with Crippen molar-refractivity contribution in [2.45, 2.75) is 32.2 Å². The van der Waals surface area contributed by atoms with Crippen molar-refractivity contribution in [1.29, 1.82) is 0 Å². The standard InChI is InChI=1S/C18H20FNO/c1-12-17(19)4-3-5-18(12)20-15-8-6-13-7-9-16(21-2)11-14(13)10-15/h3-5,7,9,11,15,20H,6,8,10H2,1-2H3. The van der Waals surface area contributed by atoms with Gasteiger partial charge in [0.1, 0.15) is 11.6 Å². The maximum absolute atomic E-state index is 13.6. The lowest BCUT2D eigenvalue weighted by Crippen LogP contribution is -2.27. The van der Waals surface area contributed by atoms with E-state index in [1.165, 1.54) is 17.2 Å². The second kappa shape index (κ2) is 5.76. The Kier molecular flexibility index (Phi) is 3.82. The van der Waals surface area contributed by atoms with Gasteiger partial charge in [-0.2, -0.15) is 0 Å². The van der Waals surface area contributed by atoms with Crippen molar-refractivity contribution in [1.82, 2.24) is 0 Å². The van der Waals surface area contributed by atoms with Gasteiger partial charge in [-0.3, -0.25) is 0 Å². The van der Waals surface area contributed by atoms with Crippen LogP contribution in [0.15, 0.2) is 36.4 Å². The van der Waals surface area contributed by atoms with Gasteiger partial charge in [-0.25, -0.2) is 4.39 Å². The SMILES string of the molecule is COc1ccc2c(c1)CC(Nc1cccc(F)c1C)CC2. The third-order valence-electron chi connectivity index (χ3n) is 4.27. The van der Waals surface area contributed by atoms with Crippen molar-refractivity contribution in [2.75, 3.05) is 12.4 Å². The normalized spacial score (nSPS) is 17.2. The summed E-state index contributed by atoms with van der Waals surface area (Å²) in [5, 5.41) is 3.49. The number of hydrogen-bond acceptors (Lipinski definition) is 2. The highest BCUT2D eigenvalue weighted by molar-refractivity contribution is 5.52. The monoisotopic (exact) mass is 285 g/mol. The summed E-state index contributed by atoms with van der Waals surface area (Å²) in [6, 6.07) is 11.8. The highest BCUT2D eigenvalue weighted by Gasteiger charge is 2.19. The molecule has 0 amide bonds. The lowest BCUT2D eigenvalue weighted by Gasteiger charge is -2.27. The number of halogens is 1. The predicted molar refractivity (Wildman–Crippen MR) is 83.6 cm³/mol. The van der Waals surface area contributed by atoms with Gasteiger partial charge in [0.15, 0.2) is 0 Å². The molecular formula is C18H20FNO. The van der Waals surface area contributed by atoms with Gasteiger partial charge in [0.05, 0.1) is 7.11 Å². The molecule has 0 fully saturated rings. The molecule has 2 nitrogen and oxygen atoms in total. The number of aryl methyl sites for hydroxylation is 1. The lowest BCUT2D eigenvalue weighted by molar-refractivity contribution is 0.413. The topological polar surface area (TPSA) is 21.3 Å². The molecule has 0 aliphatic heterocycles. The minimum atomic E-state index is -0.155. The molecule has 2 aromatic rings. The molecule has 1 unspecified atom stereocenters. The number of fused-ring (bicyclic) bond motifs is 1. The summed E-state index contributed by atoms with van der Waals surface area (Å²) in [6.07, 6.45) is 3.06. The molecule has 1 aliphatic carbocycles. The Bertz CT molecular complexity index is 654. The van der Waals surface area contributed by atoms with E-state index in [0.29, 0.717) is 11.6 Å². The van der Waals surface area contributed by atoms with Crippen molar-refractivity contribution in [2.24, 2.45) is 0 Å². The first kappa shape index (κ1) is 13.9. The first-order valence-electron chi connectivity index (χ1n) is 7.35. The first-order valence-corrected chi connectivity index (χ1v) is 7.35. The van der Waals surface area contributed by atoms with Crippen molar-refractivity contribution in [3.8, 4) is 5.75 Å². The van der Waals surface area contributed by atoms with Gasteiger partial charge in [-0.1, -0.05) is 12.1 Å². The molecule has 3 heteroatoms. The van der Waals surface area contributed by atoms with Crippen LogP contribution in [-0.2, 0) is 12.8 Å². The number of benzene rings is 2. The van der Waals surface area contributed by atoms with E-state index in [1.54, 1.807) is 13.2 Å². The van der Waals surface area contributed by atoms with Gasteiger partial charge < -0.3 is 10.1 Å². The van der Waals surface area contributed by atoms with Crippen LogP contribution in [0, 0.1) is 12.7 Å². The van der Waals surface area contributed by atoms with E-state index in [1.807, 2.05) is 19.1 Å². The van der Waals surface area contributed by atoms with E-state index in [9.17, 15) is 4.39 Å². The first-order chi connectivity index (χ1) is 10.2. The molecule has 1 aliphatic rings. The van der Waals surface area contributed by atoms with Crippen LogP contribution in [-0.4, -0.2) is 13.2 Å². The lowest BCUT2D eigenvalue weighted by atomic mass is 9.88. The van der Waals surface area contributed by atoms with Crippen LogP contribution in [0.5, 0.6) is 5.75 Å². The van der Waals surface area contributed by atoms with Crippen molar-refractivity contribution in [3.63, 3.8) is 0 Å². The van der Waals surface area contributed by atoms with Crippen LogP contribution in [0.1, 0.15) is 23.1 Å². The van der Waals surface area contributed by atoms with Crippen LogP contribution < -0.4 is 10.1 Å². The molecule has 110 valence electrons. The third kappa shape index (κ3) is 2.87. The van der Waals surface area contributed by atoms with Crippen LogP contribution in [0.4, 0.5) is 10.1 Å².